The Morgan fingerprint density at radius 3 is 2.42 bits per heavy atom. The van der Waals surface area contributed by atoms with Crippen molar-refractivity contribution in [2.45, 2.75) is 0 Å². The van der Waals surface area contributed by atoms with Crippen LogP contribution in [0, 0.1) is 0 Å². The summed E-state index contributed by atoms with van der Waals surface area (Å²) < 4.78 is 11.0. The minimum absolute atomic E-state index is 0.546. The molecule has 0 spiro atoms. The van der Waals surface area contributed by atoms with Crippen molar-refractivity contribution >= 4 is 16.8 Å². The van der Waals surface area contributed by atoms with Gasteiger partial charge in [-0.1, -0.05) is 36.4 Å². The lowest BCUT2D eigenvalue weighted by molar-refractivity contribution is 0.417. The molecule has 4 nitrogen and oxygen atoms in total. The molecule has 0 atom stereocenters. The van der Waals surface area contributed by atoms with E-state index in [-0.39, 0.29) is 0 Å². The number of oxazole rings is 1. The average molecular weight is 316 g/mol. The molecular weight excluding hydrogens is 300 g/mol. The van der Waals surface area contributed by atoms with Crippen LogP contribution in [-0.4, -0.2) is 12.1 Å². The van der Waals surface area contributed by atoms with Crippen LogP contribution in [0.3, 0.4) is 0 Å². The van der Waals surface area contributed by atoms with Crippen LogP contribution >= 0.6 is 0 Å². The standard InChI is InChI=1S/C20H16N2O2/c1-23-18-9-8-15(11-16(18)21)20-22-17-12-14(7-10-19(17)24-20)13-5-3-2-4-6-13/h2-12H,21H2,1H3. The number of methoxy groups -OCH3 is 1. The van der Waals surface area contributed by atoms with Gasteiger partial charge in [0.1, 0.15) is 11.3 Å². The highest BCUT2D eigenvalue weighted by molar-refractivity contribution is 5.82. The Balaban J connectivity index is 1.77. The summed E-state index contributed by atoms with van der Waals surface area (Å²) in [6, 6.07) is 21.7. The topological polar surface area (TPSA) is 61.3 Å². The summed E-state index contributed by atoms with van der Waals surface area (Å²) in [6.07, 6.45) is 0. The van der Waals surface area contributed by atoms with Gasteiger partial charge in [-0.25, -0.2) is 4.98 Å². The first-order valence-corrected chi connectivity index (χ1v) is 7.64. The van der Waals surface area contributed by atoms with Crippen LogP contribution in [0.5, 0.6) is 5.75 Å². The van der Waals surface area contributed by atoms with Crippen LogP contribution in [-0.2, 0) is 0 Å². The fourth-order valence-corrected chi connectivity index (χ4v) is 2.73. The molecule has 0 radical (unpaired) electrons. The quantitative estimate of drug-likeness (QED) is 0.554. The molecule has 0 fully saturated rings. The second-order valence-electron chi connectivity index (χ2n) is 5.52. The third-order valence-corrected chi connectivity index (χ3v) is 3.97. The van der Waals surface area contributed by atoms with Gasteiger partial charge in [-0.2, -0.15) is 0 Å². The molecule has 0 unspecified atom stereocenters. The Kier molecular flexibility index (Phi) is 3.43. The van der Waals surface area contributed by atoms with Crippen molar-refractivity contribution in [3.05, 3.63) is 66.7 Å². The van der Waals surface area contributed by atoms with Crippen molar-refractivity contribution in [1.29, 1.82) is 0 Å². The third kappa shape index (κ3) is 2.48. The van der Waals surface area contributed by atoms with Gasteiger partial charge in [0.15, 0.2) is 5.58 Å². The Labute approximate surface area is 139 Å². The number of ether oxygens (including phenoxy) is 1. The predicted molar refractivity (Wildman–Crippen MR) is 95.8 cm³/mol. The minimum atomic E-state index is 0.546. The molecule has 2 N–H and O–H groups in total. The number of nitrogen functional groups attached to an aromatic ring is 1. The Hall–Kier alpha value is -3.27. The third-order valence-electron chi connectivity index (χ3n) is 3.97. The summed E-state index contributed by atoms with van der Waals surface area (Å²) in [7, 11) is 1.59. The smallest absolute Gasteiger partial charge is 0.227 e. The van der Waals surface area contributed by atoms with E-state index >= 15 is 0 Å². The number of nitrogens with zero attached hydrogens (tertiary/aromatic N) is 1. The second-order valence-corrected chi connectivity index (χ2v) is 5.52. The highest BCUT2D eigenvalue weighted by Gasteiger charge is 2.11. The summed E-state index contributed by atoms with van der Waals surface area (Å²) in [5.74, 6) is 1.19. The van der Waals surface area contributed by atoms with E-state index in [1.807, 2.05) is 54.6 Å². The molecule has 0 aliphatic heterocycles. The number of hydrogen-bond donors (Lipinski definition) is 1. The molecule has 0 aliphatic carbocycles. The highest BCUT2D eigenvalue weighted by atomic mass is 16.5. The van der Waals surface area contributed by atoms with E-state index in [1.54, 1.807) is 7.11 Å². The van der Waals surface area contributed by atoms with Gasteiger partial charge in [0, 0.05) is 5.56 Å². The molecule has 1 aromatic heterocycles. The summed E-state index contributed by atoms with van der Waals surface area (Å²) in [4.78, 5) is 4.60. The maximum atomic E-state index is 5.97. The van der Waals surface area contributed by atoms with E-state index in [2.05, 4.69) is 17.1 Å². The van der Waals surface area contributed by atoms with Gasteiger partial charge in [-0.3, -0.25) is 0 Å². The first kappa shape index (κ1) is 14.3. The van der Waals surface area contributed by atoms with Crippen LogP contribution in [0.15, 0.2) is 71.1 Å². The van der Waals surface area contributed by atoms with Crippen LogP contribution in [0.4, 0.5) is 5.69 Å². The molecule has 1 heterocycles. The van der Waals surface area contributed by atoms with E-state index in [0.717, 1.165) is 27.8 Å². The molecule has 0 aliphatic rings. The molecule has 3 aromatic carbocycles. The number of fused-ring (bicyclic) bond motifs is 1. The summed E-state index contributed by atoms with van der Waals surface area (Å²) >= 11 is 0. The van der Waals surface area contributed by atoms with Crippen molar-refractivity contribution in [3.63, 3.8) is 0 Å². The summed E-state index contributed by atoms with van der Waals surface area (Å²) in [6.45, 7) is 0. The van der Waals surface area contributed by atoms with E-state index in [0.29, 0.717) is 17.3 Å². The lowest BCUT2D eigenvalue weighted by atomic mass is 10.1. The van der Waals surface area contributed by atoms with Crippen LogP contribution in [0.1, 0.15) is 0 Å². The number of nitrogens with two attached hydrogens (primary N) is 1. The monoisotopic (exact) mass is 316 g/mol. The van der Waals surface area contributed by atoms with Crippen LogP contribution in [0.2, 0.25) is 0 Å². The van der Waals surface area contributed by atoms with Gasteiger partial charge in [0.05, 0.1) is 12.8 Å². The Morgan fingerprint density at radius 2 is 1.67 bits per heavy atom. The summed E-state index contributed by atoms with van der Waals surface area (Å²) in [5.41, 5.74) is 11.2. The zero-order valence-corrected chi connectivity index (χ0v) is 13.2. The number of rotatable bonds is 3. The fraction of sp³-hybridized carbons (Fsp3) is 0.0500. The lowest BCUT2D eigenvalue weighted by Gasteiger charge is -2.04. The van der Waals surface area contributed by atoms with Gasteiger partial charge < -0.3 is 14.9 Å². The van der Waals surface area contributed by atoms with Crippen LogP contribution < -0.4 is 10.5 Å². The number of hydrogen-bond acceptors (Lipinski definition) is 4. The zero-order chi connectivity index (χ0) is 16.5. The molecule has 0 amide bonds. The number of anilines is 1. The first-order valence-electron chi connectivity index (χ1n) is 7.64. The molecule has 0 bridgehead atoms. The Bertz CT molecular complexity index is 1010. The molecule has 0 saturated heterocycles. The van der Waals surface area contributed by atoms with Crippen molar-refractivity contribution in [3.8, 4) is 28.3 Å². The Morgan fingerprint density at radius 1 is 0.875 bits per heavy atom. The molecule has 4 heteroatoms. The van der Waals surface area contributed by atoms with Gasteiger partial charge in [-0.15, -0.1) is 0 Å². The van der Waals surface area contributed by atoms with E-state index in [1.165, 1.54) is 0 Å². The average Bonchev–Trinajstić information content (AvgIpc) is 3.05. The van der Waals surface area contributed by atoms with Gasteiger partial charge in [0.25, 0.3) is 0 Å². The minimum Gasteiger partial charge on any atom is -0.495 e. The molecule has 118 valence electrons. The van der Waals surface area contributed by atoms with Crippen molar-refractivity contribution in [2.75, 3.05) is 12.8 Å². The molecule has 4 rings (SSSR count). The maximum Gasteiger partial charge on any atom is 0.227 e. The fourth-order valence-electron chi connectivity index (χ4n) is 2.73. The number of aromatic nitrogens is 1. The van der Waals surface area contributed by atoms with Gasteiger partial charge in [0.2, 0.25) is 5.89 Å². The van der Waals surface area contributed by atoms with Gasteiger partial charge >= 0.3 is 0 Å². The molecule has 0 saturated carbocycles. The largest absolute Gasteiger partial charge is 0.495 e. The van der Waals surface area contributed by atoms with Crippen LogP contribution in [0.25, 0.3) is 33.7 Å². The first-order chi connectivity index (χ1) is 11.7. The van der Waals surface area contributed by atoms with Gasteiger partial charge in [-0.05, 0) is 41.5 Å². The predicted octanol–water partition coefficient (Wildman–Crippen LogP) is 4.75. The number of benzene rings is 3. The molecule has 4 aromatic rings. The molecule has 24 heavy (non-hydrogen) atoms. The van der Waals surface area contributed by atoms with Crippen molar-refractivity contribution in [2.24, 2.45) is 0 Å². The zero-order valence-electron chi connectivity index (χ0n) is 13.2. The lowest BCUT2D eigenvalue weighted by Crippen LogP contribution is -1.92. The van der Waals surface area contributed by atoms with E-state index in [4.69, 9.17) is 14.9 Å². The summed E-state index contributed by atoms with van der Waals surface area (Å²) in [5, 5.41) is 0. The van der Waals surface area contributed by atoms with E-state index < -0.39 is 0 Å². The SMILES string of the molecule is COc1ccc(-c2nc3cc(-c4ccccc4)ccc3o2)cc1N. The van der Waals surface area contributed by atoms with Crippen molar-refractivity contribution in [1.82, 2.24) is 4.98 Å². The highest BCUT2D eigenvalue weighted by Crippen LogP contribution is 2.31. The maximum absolute atomic E-state index is 5.97. The van der Waals surface area contributed by atoms with E-state index in [9.17, 15) is 0 Å². The molecular formula is C20H16N2O2. The second kappa shape index (κ2) is 5.74. The van der Waals surface area contributed by atoms with Crippen molar-refractivity contribution < 1.29 is 9.15 Å². The normalized spacial score (nSPS) is 10.9.